The zero-order valence-corrected chi connectivity index (χ0v) is 18.8. The quantitative estimate of drug-likeness (QED) is 0.423. The first kappa shape index (κ1) is 20.3. The van der Waals surface area contributed by atoms with Crippen LogP contribution in [-0.4, -0.2) is 21.8 Å². The van der Waals surface area contributed by atoms with Crippen molar-refractivity contribution in [1.29, 1.82) is 0 Å². The van der Waals surface area contributed by atoms with Gasteiger partial charge >= 0.3 is 0 Å². The van der Waals surface area contributed by atoms with Gasteiger partial charge in [-0.15, -0.1) is 0 Å². The van der Waals surface area contributed by atoms with Crippen LogP contribution in [0.4, 0.5) is 5.69 Å². The van der Waals surface area contributed by atoms with Crippen molar-refractivity contribution in [3.8, 4) is 11.4 Å². The maximum atomic E-state index is 5.85. The zero-order valence-electron chi connectivity index (χ0n) is 18.0. The second-order valence-electron chi connectivity index (χ2n) is 7.84. The van der Waals surface area contributed by atoms with Crippen molar-refractivity contribution in [2.75, 3.05) is 12.0 Å². The lowest BCUT2D eigenvalue weighted by Gasteiger charge is -2.29. The average molecular weight is 441 g/mol. The number of aryl methyl sites for hydroxylation is 1. The standard InChI is InChI=1S/C26H24N4OS/c1-18-7-5-8-20(17-18)30-25(24(28-26(30)32)22-9-3-4-15-27-22)23-10-6-16-29(23)19-11-13-21(31-2)14-12-19/h3-17,24-25H,1-2H3,(H,28,32)/t24-,25-/m1/s1. The van der Waals surface area contributed by atoms with E-state index in [0.717, 1.165) is 28.5 Å². The van der Waals surface area contributed by atoms with Crippen LogP contribution in [0.5, 0.6) is 5.75 Å². The summed E-state index contributed by atoms with van der Waals surface area (Å²) in [7, 11) is 1.68. The molecule has 0 saturated carbocycles. The molecule has 4 aromatic rings. The third kappa shape index (κ3) is 3.63. The Morgan fingerprint density at radius 1 is 0.938 bits per heavy atom. The molecule has 1 saturated heterocycles. The van der Waals surface area contributed by atoms with Gasteiger partial charge in [-0.05, 0) is 85.4 Å². The van der Waals surface area contributed by atoms with Crippen molar-refractivity contribution < 1.29 is 4.74 Å². The second-order valence-corrected chi connectivity index (χ2v) is 8.22. The van der Waals surface area contributed by atoms with E-state index in [2.05, 4.69) is 81.4 Å². The minimum Gasteiger partial charge on any atom is -0.497 e. The predicted octanol–water partition coefficient (Wildman–Crippen LogP) is 5.37. The lowest BCUT2D eigenvalue weighted by atomic mass is 10.0. The van der Waals surface area contributed by atoms with Gasteiger partial charge in [0.1, 0.15) is 11.8 Å². The predicted molar refractivity (Wildman–Crippen MR) is 131 cm³/mol. The molecule has 32 heavy (non-hydrogen) atoms. The summed E-state index contributed by atoms with van der Waals surface area (Å²) in [6, 6.07) is 26.6. The van der Waals surface area contributed by atoms with Crippen LogP contribution in [0.25, 0.3) is 5.69 Å². The summed E-state index contributed by atoms with van der Waals surface area (Å²) in [4.78, 5) is 6.86. The second kappa shape index (κ2) is 8.48. The highest BCUT2D eigenvalue weighted by Gasteiger charge is 2.42. The Balaban J connectivity index is 1.65. The average Bonchev–Trinajstić information content (AvgIpc) is 3.44. The van der Waals surface area contributed by atoms with Crippen molar-refractivity contribution >= 4 is 23.0 Å². The number of benzene rings is 2. The summed E-state index contributed by atoms with van der Waals surface area (Å²) in [6.45, 7) is 2.10. The Morgan fingerprint density at radius 3 is 2.50 bits per heavy atom. The molecule has 1 fully saturated rings. The van der Waals surface area contributed by atoms with E-state index >= 15 is 0 Å². The smallest absolute Gasteiger partial charge is 0.174 e. The fourth-order valence-electron chi connectivity index (χ4n) is 4.32. The summed E-state index contributed by atoms with van der Waals surface area (Å²) >= 11 is 5.85. The highest BCUT2D eigenvalue weighted by atomic mass is 32.1. The zero-order chi connectivity index (χ0) is 22.1. The van der Waals surface area contributed by atoms with E-state index < -0.39 is 0 Å². The molecule has 1 aliphatic heterocycles. The molecule has 0 bridgehead atoms. The van der Waals surface area contributed by atoms with Crippen molar-refractivity contribution in [2.24, 2.45) is 0 Å². The Bertz CT molecular complexity index is 1240. The molecular formula is C26H24N4OS. The summed E-state index contributed by atoms with van der Waals surface area (Å²) in [5, 5.41) is 4.23. The number of thiocarbonyl (C=S) groups is 1. The highest BCUT2D eigenvalue weighted by molar-refractivity contribution is 7.80. The van der Waals surface area contributed by atoms with Gasteiger partial charge in [-0.1, -0.05) is 18.2 Å². The van der Waals surface area contributed by atoms with Crippen LogP contribution in [0.3, 0.4) is 0 Å². The van der Waals surface area contributed by atoms with E-state index in [1.54, 1.807) is 7.11 Å². The largest absolute Gasteiger partial charge is 0.497 e. The Labute approximate surface area is 193 Å². The van der Waals surface area contributed by atoms with E-state index in [0.29, 0.717) is 5.11 Å². The summed E-state index contributed by atoms with van der Waals surface area (Å²) in [5.74, 6) is 0.832. The molecule has 0 spiro atoms. The van der Waals surface area contributed by atoms with Gasteiger partial charge < -0.3 is 19.5 Å². The van der Waals surface area contributed by atoms with Gasteiger partial charge in [-0.2, -0.15) is 0 Å². The van der Waals surface area contributed by atoms with Crippen LogP contribution < -0.4 is 15.0 Å². The third-order valence-electron chi connectivity index (χ3n) is 5.81. The fourth-order valence-corrected chi connectivity index (χ4v) is 4.67. The third-order valence-corrected chi connectivity index (χ3v) is 6.13. The number of hydrogen-bond acceptors (Lipinski definition) is 3. The van der Waals surface area contributed by atoms with Crippen LogP contribution in [0.1, 0.15) is 29.0 Å². The molecule has 0 unspecified atom stereocenters. The molecular weight excluding hydrogens is 416 g/mol. The molecule has 3 heterocycles. The highest BCUT2D eigenvalue weighted by Crippen LogP contribution is 2.42. The molecule has 2 aromatic carbocycles. The molecule has 0 aliphatic carbocycles. The van der Waals surface area contributed by atoms with Crippen LogP contribution in [0.15, 0.2) is 91.3 Å². The van der Waals surface area contributed by atoms with E-state index in [1.165, 1.54) is 5.56 Å². The molecule has 2 atom stereocenters. The molecule has 0 amide bonds. The van der Waals surface area contributed by atoms with Crippen molar-refractivity contribution in [3.05, 3.63) is 108 Å². The van der Waals surface area contributed by atoms with Gasteiger partial charge in [0, 0.05) is 29.5 Å². The van der Waals surface area contributed by atoms with Crippen LogP contribution in [0.2, 0.25) is 0 Å². The summed E-state index contributed by atoms with van der Waals surface area (Å²) in [6.07, 6.45) is 3.91. The first-order valence-electron chi connectivity index (χ1n) is 10.5. The Hall–Kier alpha value is -3.64. The van der Waals surface area contributed by atoms with Gasteiger partial charge in [0.2, 0.25) is 0 Å². The van der Waals surface area contributed by atoms with Crippen LogP contribution >= 0.6 is 12.2 Å². The number of nitrogens with zero attached hydrogens (tertiary/aromatic N) is 3. The van der Waals surface area contributed by atoms with Crippen LogP contribution in [-0.2, 0) is 0 Å². The van der Waals surface area contributed by atoms with Crippen molar-refractivity contribution in [3.63, 3.8) is 0 Å². The molecule has 1 aliphatic rings. The number of hydrogen-bond donors (Lipinski definition) is 1. The number of anilines is 1. The Morgan fingerprint density at radius 2 is 1.78 bits per heavy atom. The monoisotopic (exact) mass is 440 g/mol. The first-order valence-corrected chi connectivity index (χ1v) is 11.0. The lowest BCUT2D eigenvalue weighted by molar-refractivity contribution is 0.414. The van der Waals surface area contributed by atoms with Gasteiger partial charge in [-0.3, -0.25) is 4.98 Å². The molecule has 160 valence electrons. The first-order chi connectivity index (χ1) is 15.7. The number of aromatic nitrogens is 2. The topological polar surface area (TPSA) is 42.3 Å². The number of pyridine rings is 1. The number of nitrogens with one attached hydrogen (secondary N) is 1. The van der Waals surface area contributed by atoms with E-state index in [1.807, 2.05) is 36.5 Å². The molecule has 6 heteroatoms. The normalized spacial score (nSPS) is 17.9. The summed E-state index contributed by atoms with van der Waals surface area (Å²) < 4.78 is 7.55. The Kier molecular flexibility index (Phi) is 5.37. The molecule has 2 aromatic heterocycles. The number of rotatable bonds is 5. The molecule has 0 radical (unpaired) electrons. The van der Waals surface area contributed by atoms with Gasteiger partial charge in [0.05, 0.1) is 18.8 Å². The maximum Gasteiger partial charge on any atom is 0.174 e. The lowest BCUT2D eigenvalue weighted by Crippen LogP contribution is -2.30. The molecule has 5 nitrogen and oxygen atoms in total. The van der Waals surface area contributed by atoms with Crippen LogP contribution in [0, 0.1) is 6.92 Å². The van der Waals surface area contributed by atoms with Gasteiger partial charge in [0.15, 0.2) is 5.11 Å². The fraction of sp³-hybridized carbons (Fsp3) is 0.154. The molecule has 1 N–H and O–H groups in total. The van der Waals surface area contributed by atoms with Gasteiger partial charge in [0.25, 0.3) is 0 Å². The maximum absolute atomic E-state index is 5.85. The minimum atomic E-state index is -0.0869. The minimum absolute atomic E-state index is 0.0729. The van der Waals surface area contributed by atoms with Gasteiger partial charge in [-0.25, -0.2) is 0 Å². The summed E-state index contributed by atoms with van der Waals surface area (Å²) in [5.41, 5.74) is 5.40. The van der Waals surface area contributed by atoms with E-state index in [-0.39, 0.29) is 12.1 Å². The SMILES string of the molecule is COc1ccc(-n2cccc2[C@@H]2[C@@H](c3ccccn3)NC(=S)N2c2cccc(C)c2)cc1. The van der Waals surface area contributed by atoms with Crippen molar-refractivity contribution in [1.82, 2.24) is 14.9 Å². The number of ether oxygens (including phenoxy) is 1. The molecule has 5 rings (SSSR count). The van der Waals surface area contributed by atoms with E-state index in [9.17, 15) is 0 Å². The van der Waals surface area contributed by atoms with E-state index in [4.69, 9.17) is 17.0 Å². The van der Waals surface area contributed by atoms with Crippen molar-refractivity contribution in [2.45, 2.75) is 19.0 Å². The number of methoxy groups -OCH3 is 1.